The smallest absolute Gasteiger partial charge is 0.241 e. The summed E-state index contributed by atoms with van der Waals surface area (Å²) in [4.78, 5) is 15.8. The van der Waals surface area contributed by atoms with Crippen LogP contribution in [0.3, 0.4) is 0 Å². The van der Waals surface area contributed by atoms with Crippen LogP contribution in [0.25, 0.3) is 0 Å². The summed E-state index contributed by atoms with van der Waals surface area (Å²) >= 11 is 0. The second-order valence-electron chi connectivity index (χ2n) is 7.84. The molecule has 4 nitrogen and oxygen atoms in total. The van der Waals surface area contributed by atoms with Gasteiger partial charge >= 0.3 is 0 Å². The summed E-state index contributed by atoms with van der Waals surface area (Å²) in [7, 11) is 0. The minimum absolute atomic E-state index is 0.190. The monoisotopic (exact) mass is 363 g/mol. The summed E-state index contributed by atoms with van der Waals surface area (Å²) in [6.07, 6.45) is 4.25. The lowest BCUT2D eigenvalue weighted by Gasteiger charge is -2.40. The molecule has 0 fully saturated rings. The highest BCUT2D eigenvalue weighted by Crippen LogP contribution is 2.50. The molecule has 1 atom stereocenters. The van der Waals surface area contributed by atoms with Gasteiger partial charge in [0.15, 0.2) is 0 Å². The van der Waals surface area contributed by atoms with Gasteiger partial charge in [-0.05, 0) is 29.2 Å². The van der Waals surface area contributed by atoms with Crippen LogP contribution in [0.4, 0.5) is 0 Å². The van der Waals surface area contributed by atoms with E-state index in [4.69, 9.17) is 9.47 Å². The second kappa shape index (κ2) is 6.29. The van der Waals surface area contributed by atoms with E-state index in [0.717, 1.165) is 54.9 Å². The van der Waals surface area contributed by atoms with Gasteiger partial charge in [0.1, 0.15) is 23.5 Å². The van der Waals surface area contributed by atoms with Crippen molar-refractivity contribution in [3.63, 3.8) is 0 Å². The molecule has 0 saturated carbocycles. The number of hydrogen-bond acceptors (Lipinski definition) is 3. The van der Waals surface area contributed by atoms with Crippen molar-refractivity contribution in [2.24, 2.45) is 0 Å². The van der Waals surface area contributed by atoms with Crippen LogP contribution in [0.15, 0.2) is 36.4 Å². The fourth-order valence-electron chi connectivity index (χ4n) is 4.79. The Morgan fingerprint density at radius 3 is 2.81 bits per heavy atom. The number of nitrogens with zero attached hydrogens (tertiary/aromatic N) is 1. The van der Waals surface area contributed by atoms with Crippen LogP contribution in [-0.4, -0.2) is 30.6 Å². The van der Waals surface area contributed by atoms with Crippen molar-refractivity contribution in [3.8, 4) is 11.5 Å². The van der Waals surface area contributed by atoms with E-state index in [0.29, 0.717) is 19.8 Å². The quantitative estimate of drug-likeness (QED) is 0.775. The third-order valence-electron chi connectivity index (χ3n) is 6.22. The molecule has 2 aromatic rings. The zero-order valence-corrected chi connectivity index (χ0v) is 15.8. The van der Waals surface area contributed by atoms with Crippen LogP contribution in [0.5, 0.6) is 11.5 Å². The van der Waals surface area contributed by atoms with Gasteiger partial charge in [0.2, 0.25) is 5.91 Å². The van der Waals surface area contributed by atoms with Gasteiger partial charge in [-0.1, -0.05) is 44.0 Å². The van der Waals surface area contributed by atoms with Gasteiger partial charge in [0.25, 0.3) is 0 Å². The van der Waals surface area contributed by atoms with Gasteiger partial charge in [-0.15, -0.1) is 0 Å². The molecule has 0 N–H and O–H groups in total. The maximum atomic E-state index is 13.8. The highest BCUT2D eigenvalue weighted by atomic mass is 16.5. The highest BCUT2D eigenvalue weighted by Gasteiger charge is 2.54. The van der Waals surface area contributed by atoms with E-state index in [9.17, 15) is 4.79 Å². The summed E-state index contributed by atoms with van der Waals surface area (Å²) in [5.41, 5.74) is 3.84. The van der Waals surface area contributed by atoms with Crippen molar-refractivity contribution in [2.45, 2.75) is 44.6 Å². The average Bonchev–Trinajstić information content (AvgIpc) is 3.29. The van der Waals surface area contributed by atoms with Crippen molar-refractivity contribution in [3.05, 3.63) is 58.7 Å². The topological polar surface area (TPSA) is 38.8 Å². The fourth-order valence-corrected chi connectivity index (χ4v) is 4.79. The second-order valence-corrected chi connectivity index (χ2v) is 7.84. The number of amides is 1. The number of rotatable bonds is 4. The Morgan fingerprint density at radius 1 is 1.04 bits per heavy atom. The SMILES string of the molecule is CCCCCN1Cc2ccccc2C2(COc3cc4c(cc32)CCO4)C1=O. The molecule has 5 rings (SSSR count). The number of ether oxygens (including phenoxy) is 2. The van der Waals surface area contributed by atoms with Crippen molar-refractivity contribution in [1.82, 2.24) is 4.90 Å². The maximum Gasteiger partial charge on any atom is 0.241 e. The molecular formula is C23H25NO3. The number of hydrogen-bond donors (Lipinski definition) is 0. The predicted molar refractivity (Wildman–Crippen MR) is 103 cm³/mol. The Hall–Kier alpha value is -2.49. The lowest BCUT2D eigenvalue weighted by atomic mass is 9.70. The van der Waals surface area contributed by atoms with Crippen molar-refractivity contribution < 1.29 is 14.3 Å². The molecule has 0 bridgehead atoms. The van der Waals surface area contributed by atoms with E-state index >= 15 is 0 Å². The number of carbonyl (C=O) groups is 1. The molecule has 3 aliphatic rings. The molecule has 27 heavy (non-hydrogen) atoms. The van der Waals surface area contributed by atoms with Gasteiger partial charge in [-0.2, -0.15) is 0 Å². The molecular weight excluding hydrogens is 338 g/mol. The van der Waals surface area contributed by atoms with E-state index in [1.807, 2.05) is 17.0 Å². The summed E-state index contributed by atoms with van der Waals surface area (Å²) in [5, 5.41) is 0. The van der Waals surface area contributed by atoms with Crippen LogP contribution >= 0.6 is 0 Å². The zero-order chi connectivity index (χ0) is 18.4. The minimum atomic E-state index is -0.714. The first kappa shape index (κ1) is 16.7. The van der Waals surface area contributed by atoms with E-state index in [1.54, 1.807) is 0 Å². The van der Waals surface area contributed by atoms with E-state index in [-0.39, 0.29) is 5.91 Å². The van der Waals surface area contributed by atoms with Crippen LogP contribution in [0.2, 0.25) is 0 Å². The van der Waals surface area contributed by atoms with Crippen LogP contribution in [-0.2, 0) is 23.2 Å². The van der Waals surface area contributed by atoms with Crippen LogP contribution in [0, 0.1) is 0 Å². The summed E-state index contributed by atoms with van der Waals surface area (Å²) in [6, 6.07) is 12.5. The standard InChI is InChI=1S/C23H25NO3/c1-2-3-6-10-24-14-17-7-4-5-8-18(17)23(22(24)25)15-27-21-13-20-16(9-11-26-20)12-19(21)23/h4-5,7-8,12-13H,2-3,6,9-11,14-15H2,1H3. The molecule has 1 amide bonds. The number of benzene rings is 2. The predicted octanol–water partition coefficient (Wildman–Crippen LogP) is 3.83. The van der Waals surface area contributed by atoms with Crippen molar-refractivity contribution >= 4 is 5.91 Å². The van der Waals surface area contributed by atoms with Crippen molar-refractivity contribution in [1.29, 1.82) is 0 Å². The average molecular weight is 363 g/mol. The Labute approximate surface area is 160 Å². The normalized spacial score (nSPS) is 22.3. The largest absolute Gasteiger partial charge is 0.493 e. The molecule has 3 aliphatic heterocycles. The summed E-state index contributed by atoms with van der Waals surface area (Å²) in [5.74, 6) is 1.89. The van der Waals surface area contributed by atoms with Gasteiger partial charge in [-0.25, -0.2) is 0 Å². The first-order valence-corrected chi connectivity index (χ1v) is 10.0. The minimum Gasteiger partial charge on any atom is -0.493 e. The Bertz CT molecular complexity index is 906. The zero-order valence-electron chi connectivity index (χ0n) is 15.8. The molecule has 0 aliphatic carbocycles. The van der Waals surface area contributed by atoms with Crippen LogP contribution < -0.4 is 9.47 Å². The van der Waals surface area contributed by atoms with E-state index in [2.05, 4.69) is 31.2 Å². The summed E-state index contributed by atoms with van der Waals surface area (Å²) in [6.45, 7) is 4.79. The lowest BCUT2D eigenvalue weighted by molar-refractivity contribution is -0.138. The third-order valence-corrected chi connectivity index (χ3v) is 6.22. The number of fused-ring (bicyclic) bond motifs is 5. The molecule has 0 radical (unpaired) electrons. The fraction of sp³-hybridized carbons (Fsp3) is 0.435. The number of unbranched alkanes of at least 4 members (excludes halogenated alkanes) is 2. The molecule has 1 unspecified atom stereocenters. The molecule has 3 heterocycles. The molecule has 140 valence electrons. The first-order chi connectivity index (χ1) is 13.2. The van der Waals surface area contributed by atoms with Gasteiger partial charge < -0.3 is 14.4 Å². The Morgan fingerprint density at radius 2 is 1.93 bits per heavy atom. The third kappa shape index (κ3) is 2.39. The van der Waals surface area contributed by atoms with Crippen molar-refractivity contribution in [2.75, 3.05) is 19.8 Å². The Balaban J connectivity index is 1.64. The van der Waals surface area contributed by atoms with Gasteiger partial charge in [0.05, 0.1) is 6.61 Å². The van der Waals surface area contributed by atoms with Gasteiger partial charge in [-0.3, -0.25) is 4.79 Å². The Kier molecular flexibility index (Phi) is 3.88. The summed E-state index contributed by atoms with van der Waals surface area (Å²) < 4.78 is 11.8. The highest BCUT2D eigenvalue weighted by molar-refractivity contribution is 5.96. The lowest BCUT2D eigenvalue weighted by Crippen LogP contribution is -2.52. The molecule has 4 heteroatoms. The molecule has 0 aromatic heterocycles. The van der Waals surface area contributed by atoms with E-state index in [1.165, 1.54) is 11.1 Å². The molecule has 1 spiro atoms. The van der Waals surface area contributed by atoms with Gasteiger partial charge in [0, 0.05) is 31.1 Å². The van der Waals surface area contributed by atoms with Crippen LogP contribution in [0.1, 0.15) is 48.4 Å². The first-order valence-electron chi connectivity index (χ1n) is 10.0. The molecule has 0 saturated heterocycles. The number of carbonyl (C=O) groups excluding carboxylic acids is 1. The molecule has 2 aromatic carbocycles. The van der Waals surface area contributed by atoms with E-state index < -0.39 is 5.41 Å². The maximum absolute atomic E-state index is 13.8.